The third-order valence-electron chi connectivity index (χ3n) is 7.82. The molecule has 5 heterocycles. The lowest BCUT2D eigenvalue weighted by Crippen LogP contribution is -2.48. The van der Waals surface area contributed by atoms with Crippen LogP contribution in [0.4, 0.5) is 0 Å². The molecule has 2 aromatic carbocycles. The third kappa shape index (κ3) is 5.49. The van der Waals surface area contributed by atoms with E-state index in [2.05, 4.69) is 31.9 Å². The van der Waals surface area contributed by atoms with Crippen LogP contribution in [0.2, 0.25) is 0 Å². The summed E-state index contributed by atoms with van der Waals surface area (Å²) in [7, 11) is 1.63. The van der Waals surface area contributed by atoms with Crippen LogP contribution in [-0.2, 0) is 6.61 Å². The van der Waals surface area contributed by atoms with Gasteiger partial charge in [0.1, 0.15) is 34.4 Å². The molecule has 1 amide bonds. The van der Waals surface area contributed by atoms with Crippen molar-refractivity contribution in [1.82, 2.24) is 34.4 Å². The first-order valence-electron chi connectivity index (χ1n) is 14.5. The van der Waals surface area contributed by atoms with E-state index in [0.29, 0.717) is 53.0 Å². The van der Waals surface area contributed by atoms with Gasteiger partial charge in [-0.3, -0.25) is 4.79 Å². The second-order valence-electron chi connectivity index (χ2n) is 10.6. The molecule has 0 aliphatic carbocycles. The Morgan fingerprint density at radius 1 is 1.05 bits per heavy atom. The number of fused-ring (bicyclic) bond motifs is 2. The van der Waals surface area contributed by atoms with Crippen LogP contribution in [-0.4, -0.2) is 80.1 Å². The molecule has 1 aliphatic heterocycles. The maximum Gasteiger partial charge on any atom is 0.257 e. The number of benzene rings is 2. The van der Waals surface area contributed by atoms with E-state index >= 15 is 0 Å². The van der Waals surface area contributed by atoms with Gasteiger partial charge in [0.2, 0.25) is 4.96 Å². The quantitative estimate of drug-likeness (QED) is 0.226. The number of hydrogen-bond donors (Lipinski definition) is 0. The first-order valence-corrected chi connectivity index (χ1v) is 15.3. The fraction of sp³-hybridized carbons (Fsp3) is 0.281. The predicted octanol–water partition coefficient (Wildman–Crippen LogP) is 5.33. The number of likely N-dealkylation sites (N-methyl/N-ethyl adjacent to an activating group) is 1. The Kier molecular flexibility index (Phi) is 7.44. The monoisotopic (exact) mass is 609 g/mol. The summed E-state index contributed by atoms with van der Waals surface area (Å²) in [5.41, 5.74) is 3.60. The van der Waals surface area contributed by atoms with Gasteiger partial charge in [-0.2, -0.15) is 5.10 Å². The highest BCUT2D eigenvalue weighted by molar-refractivity contribution is 7.16. The number of aromatic nitrogens is 5. The smallest absolute Gasteiger partial charge is 0.257 e. The fourth-order valence-corrected chi connectivity index (χ4v) is 6.11. The Morgan fingerprint density at radius 3 is 2.61 bits per heavy atom. The van der Waals surface area contributed by atoms with Gasteiger partial charge >= 0.3 is 0 Å². The van der Waals surface area contributed by atoms with Gasteiger partial charge in [-0.05, 0) is 37.7 Å². The maximum atomic E-state index is 13.0. The number of amides is 1. The minimum atomic E-state index is -0.0316. The first-order chi connectivity index (χ1) is 21.5. The third-order valence-corrected chi connectivity index (χ3v) is 8.66. The lowest BCUT2D eigenvalue weighted by Gasteiger charge is -2.33. The van der Waals surface area contributed by atoms with E-state index in [9.17, 15) is 4.79 Å². The summed E-state index contributed by atoms with van der Waals surface area (Å²) in [5.74, 6) is 2.47. The van der Waals surface area contributed by atoms with Crippen molar-refractivity contribution < 1.29 is 18.7 Å². The standard InChI is InChI=1S/C32H31N7O4S/c1-4-37-8-10-38(11-9-37)31(40)23-16-33-30(34-17-23)21-6-5-7-24(12-21)42-19-22-13-25(41-3)14-28-26(22)15-29(43-28)27-18-39-32(35-27)44-20(2)36-39/h5-7,12-18H,4,8-11,19H2,1-3H3. The molecular formula is C32H31N7O4S. The highest BCUT2D eigenvalue weighted by Crippen LogP contribution is 2.34. The number of nitrogens with zero attached hydrogens (tertiary/aromatic N) is 7. The average molecular weight is 610 g/mol. The number of aryl methyl sites for hydroxylation is 1. The SMILES string of the molecule is CCN1CCN(C(=O)c2cnc(-c3cccc(OCc4cc(OC)cc5oc(-c6cn7nc(C)sc7n6)cc45)c3)nc2)CC1. The average Bonchev–Trinajstić information content (AvgIpc) is 3.76. The summed E-state index contributed by atoms with van der Waals surface area (Å²) in [4.78, 5) is 31.7. The number of ether oxygens (including phenoxy) is 2. The summed E-state index contributed by atoms with van der Waals surface area (Å²) >= 11 is 1.53. The Morgan fingerprint density at radius 2 is 1.86 bits per heavy atom. The van der Waals surface area contributed by atoms with Gasteiger partial charge in [-0.1, -0.05) is 30.4 Å². The molecule has 4 aromatic heterocycles. The molecule has 0 radical (unpaired) electrons. The maximum absolute atomic E-state index is 13.0. The highest BCUT2D eigenvalue weighted by Gasteiger charge is 2.22. The molecule has 6 aromatic rings. The Labute approximate surface area is 257 Å². The first kappa shape index (κ1) is 28.0. The van der Waals surface area contributed by atoms with Crippen molar-refractivity contribution >= 4 is 33.2 Å². The molecular weight excluding hydrogens is 578 g/mol. The normalized spacial score (nSPS) is 14.0. The number of hydrogen-bond acceptors (Lipinski definition) is 10. The largest absolute Gasteiger partial charge is 0.497 e. The van der Waals surface area contributed by atoms with E-state index in [1.807, 2.05) is 60.5 Å². The number of methoxy groups -OCH3 is 1. The second-order valence-corrected chi connectivity index (χ2v) is 11.8. The number of furan rings is 1. The molecule has 0 saturated carbocycles. The van der Waals surface area contributed by atoms with E-state index in [4.69, 9.17) is 13.9 Å². The summed E-state index contributed by atoms with van der Waals surface area (Å²) in [6, 6.07) is 13.4. The van der Waals surface area contributed by atoms with Crippen LogP contribution < -0.4 is 9.47 Å². The summed E-state index contributed by atoms with van der Waals surface area (Å²) in [5, 5.41) is 6.32. The zero-order valence-electron chi connectivity index (χ0n) is 24.7. The van der Waals surface area contributed by atoms with Crippen molar-refractivity contribution in [3.05, 3.63) is 77.2 Å². The Bertz CT molecular complexity index is 1920. The van der Waals surface area contributed by atoms with Crippen molar-refractivity contribution in [2.75, 3.05) is 39.8 Å². The number of rotatable bonds is 8. The molecule has 1 aliphatic rings. The molecule has 7 rings (SSSR count). The van der Waals surface area contributed by atoms with Crippen LogP contribution in [0.25, 0.3) is 38.8 Å². The highest BCUT2D eigenvalue weighted by atomic mass is 32.1. The van der Waals surface area contributed by atoms with Crippen LogP contribution >= 0.6 is 11.3 Å². The van der Waals surface area contributed by atoms with Crippen molar-refractivity contribution in [2.45, 2.75) is 20.5 Å². The molecule has 1 saturated heterocycles. The van der Waals surface area contributed by atoms with E-state index in [1.165, 1.54) is 11.3 Å². The van der Waals surface area contributed by atoms with Crippen LogP contribution in [0.5, 0.6) is 11.5 Å². The molecule has 0 bridgehead atoms. The van der Waals surface area contributed by atoms with Crippen LogP contribution in [0.15, 0.2) is 65.5 Å². The van der Waals surface area contributed by atoms with Crippen molar-refractivity contribution in [3.8, 4) is 34.3 Å². The molecule has 44 heavy (non-hydrogen) atoms. The van der Waals surface area contributed by atoms with E-state index < -0.39 is 0 Å². The molecule has 0 N–H and O–H groups in total. The zero-order valence-corrected chi connectivity index (χ0v) is 25.5. The lowest BCUT2D eigenvalue weighted by atomic mass is 10.1. The molecule has 1 fully saturated rings. The van der Waals surface area contributed by atoms with Gasteiger partial charge < -0.3 is 23.7 Å². The number of piperazine rings is 1. The molecule has 0 atom stereocenters. The zero-order chi connectivity index (χ0) is 30.2. The Balaban J connectivity index is 1.08. The van der Waals surface area contributed by atoms with Gasteiger partial charge in [0.05, 0.1) is 18.9 Å². The number of imidazole rings is 1. The molecule has 224 valence electrons. The minimum absolute atomic E-state index is 0.0316. The van der Waals surface area contributed by atoms with Crippen LogP contribution in [0.1, 0.15) is 27.9 Å². The predicted molar refractivity (Wildman–Crippen MR) is 167 cm³/mol. The van der Waals surface area contributed by atoms with Gasteiger partial charge in [0.25, 0.3) is 5.91 Å². The van der Waals surface area contributed by atoms with E-state index in [1.54, 1.807) is 24.0 Å². The second kappa shape index (κ2) is 11.7. The minimum Gasteiger partial charge on any atom is -0.497 e. The van der Waals surface area contributed by atoms with Crippen molar-refractivity contribution in [2.24, 2.45) is 0 Å². The molecule has 12 heteroatoms. The number of carbonyl (C=O) groups is 1. The van der Waals surface area contributed by atoms with Gasteiger partial charge in [-0.25, -0.2) is 19.5 Å². The van der Waals surface area contributed by atoms with Crippen molar-refractivity contribution in [3.63, 3.8) is 0 Å². The summed E-state index contributed by atoms with van der Waals surface area (Å²) in [6.07, 6.45) is 5.08. The number of carbonyl (C=O) groups excluding carboxylic acids is 1. The van der Waals surface area contributed by atoms with E-state index in [-0.39, 0.29) is 12.5 Å². The fourth-order valence-electron chi connectivity index (χ4n) is 5.39. The van der Waals surface area contributed by atoms with Crippen LogP contribution in [0.3, 0.4) is 0 Å². The van der Waals surface area contributed by atoms with Gasteiger partial charge in [-0.15, -0.1) is 0 Å². The van der Waals surface area contributed by atoms with Gasteiger partial charge in [0, 0.05) is 61.2 Å². The van der Waals surface area contributed by atoms with Crippen molar-refractivity contribution in [1.29, 1.82) is 0 Å². The molecule has 0 spiro atoms. The molecule has 0 unspecified atom stereocenters. The Hall–Kier alpha value is -4.81. The van der Waals surface area contributed by atoms with Gasteiger partial charge in [0.15, 0.2) is 11.6 Å². The topological polar surface area (TPSA) is 111 Å². The molecule has 11 nitrogen and oxygen atoms in total. The summed E-state index contributed by atoms with van der Waals surface area (Å²) < 4.78 is 19.7. The van der Waals surface area contributed by atoms with E-state index in [0.717, 1.165) is 46.1 Å². The van der Waals surface area contributed by atoms with Crippen LogP contribution in [0, 0.1) is 6.92 Å². The lowest BCUT2D eigenvalue weighted by molar-refractivity contribution is 0.0642. The summed E-state index contributed by atoms with van der Waals surface area (Å²) in [6.45, 7) is 8.58.